The average Bonchev–Trinajstić information content (AvgIpc) is 3.07. The van der Waals surface area contributed by atoms with Crippen molar-refractivity contribution < 1.29 is 18.8 Å². The van der Waals surface area contributed by atoms with Gasteiger partial charge in [-0.1, -0.05) is 53.1 Å². The van der Waals surface area contributed by atoms with Crippen LogP contribution in [0.3, 0.4) is 0 Å². The lowest BCUT2D eigenvalue weighted by Crippen LogP contribution is -2.67. The zero-order valence-corrected chi connectivity index (χ0v) is 27.3. The molecular formula is C28H49BN2O4Si2. The summed E-state index contributed by atoms with van der Waals surface area (Å²) in [5.41, 5.74) is 1.01. The maximum atomic E-state index is 12.5. The number of carbonyl (C=O) groups is 1. The molecule has 0 amide bonds. The molecule has 3 saturated carbocycles. The highest BCUT2D eigenvalue weighted by atomic mass is 28.4. The Morgan fingerprint density at radius 1 is 1.16 bits per heavy atom. The van der Waals surface area contributed by atoms with Crippen molar-refractivity contribution in [2.45, 2.75) is 123 Å². The van der Waals surface area contributed by atoms with Crippen molar-refractivity contribution in [3.8, 4) is 0 Å². The number of carbonyl (C=O) groups excluding carboxylic acids is 1. The van der Waals surface area contributed by atoms with E-state index >= 15 is 0 Å². The van der Waals surface area contributed by atoms with Crippen molar-refractivity contribution in [2.75, 3.05) is 0 Å². The average molecular weight is 545 g/mol. The molecule has 2 heterocycles. The van der Waals surface area contributed by atoms with Gasteiger partial charge in [-0.05, 0) is 69.9 Å². The SMILES string of the molecule is CC(C)(C)OC(=O)c1ccc(C[C@@H](B2OC3[C@@H]4C[C@H](C[C@]3(C)O2)C4(C)C)N([Si](C)(C)C)[Si](C)(C)C)nc1. The van der Waals surface area contributed by atoms with Crippen LogP contribution in [0.2, 0.25) is 39.3 Å². The Balaban J connectivity index is 1.63. The lowest BCUT2D eigenvalue weighted by atomic mass is 9.45. The van der Waals surface area contributed by atoms with Gasteiger partial charge in [-0.15, -0.1) is 0 Å². The molecule has 0 spiro atoms. The van der Waals surface area contributed by atoms with Crippen molar-refractivity contribution in [1.82, 2.24) is 9.22 Å². The highest BCUT2D eigenvalue weighted by Gasteiger charge is 2.68. The van der Waals surface area contributed by atoms with Gasteiger partial charge >= 0.3 is 13.1 Å². The molecule has 0 aromatic carbocycles. The van der Waals surface area contributed by atoms with Crippen LogP contribution in [-0.2, 0) is 20.5 Å². The summed E-state index contributed by atoms with van der Waals surface area (Å²) < 4.78 is 22.2. The third kappa shape index (κ3) is 5.67. The second-order valence-electron chi connectivity index (χ2n) is 15.4. The maximum absolute atomic E-state index is 12.5. The van der Waals surface area contributed by atoms with E-state index in [9.17, 15) is 4.79 Å². The largest absolute Gasteiger partial charge is 0.475 e. The molecule has 1 unspecified atom stereocenters. The van der Waals surface area contributed by atoms with E-state index in [0.717, 1.165) is 18.5 Å². The highest BCUT2D eigenvalue weighted by molar-refractivity contribution is 6.90. The molecule has 0 radical (unpaired) electrons. The van der Waals surface area contributed by atoms with Crippen LogP contribution >= 0.6 is 0 Å². The van der Waals surface area contributed by atoms with Gasteiger partial charge in [0.2, 0.25) is 0 Å². The minimum absolute atomic E-state index is 0.0842. The smallest absolute Gasteiger partial charge is 0.456 e. The summed E-state index contributed by atoms with van der Waals surface area (Å²) in [5, 5.41) is 0. The topological polar surface area (TPSA) is 60.9 Å². The number of aromatic nitrogens is 1. The maximum Gasteiger partial charge on any atom is 0.475 e. The standard InChI is InChI=1S/C28H49BN2O4Si2/c1-26(2,3)33-25(32)19-13-14-21(30-18-19)16-23(31(36(7,8)9)37(10,11)12)29-34-24-22-15-20(27(22,4)5)17-28(24,6)35-29/h13-14,18,20,22-24H,15-17H2,1-12H3/t20-,22+,23+,24?,28+/m1/s1. The minimum Gasteiger partial charge on any atom is -0.456 e. The Bertz CT molecular complexity index is 1000. The third-order valence-corrected chi connectivity index (χ3v) is 16.4. The summed E-state index contributed by atoms with van der Waals surface area (Å²) in [7, 11) is -3.76. The highest BCUT2D eigenvalue weighted by Crippen LogP contribution is 2.64. The summed E-state index contributed by atoms with van der Waals surface area (Å²) in [4.78, 5) is 17.3. The van der Waals surface area contributed by atoms with E-state index in [4.69, 9.17) is 19.0 Å². The Labute approximate surface area is 227 Å². The molecule has 5 rings (SSSR count). The van der Waals surface area contributed by atoms with Gasteiger partial charge in [0.1, 0.15) is 22.1 Å². The lowest BCUT2D eigenvalue weighted by molar-refractivity contribution is -0.185. The van der Waals surface area contributed by atoms with Gasteiger partial charge in [-0.2, -0.15) is 0 Å². The number of nitrogens with zero attached hydrogens (tertiary/aromatic N) is 2. The molecule has 37 heavy (non-hydrogen) atoms. The second-order valence-corrected chi connectivity index (χ2v) is 25.5. The fraction of sp³-hybridized carbons (Fsp3) is 0.786. The molecule has 4 fully saturated rings. The van der Waals surface area contributed by atoms with Gasteiger partial charge in [0.15, 0.2) is 0 Å². The number of esters is 1. The number of hydrogen-bond donors (Lipinski definition) is 0. The molecule has 2 bridgehead atoms. The van der Waals surface area contributed by atoms with Gasteiger partial charge < -0.3 is 18.3 Å². The molecule has 9 heteroatoms. The Morgan fingerprint density at radius 3 is 2.27 bits per heavy atom. The molecule has 1 aromatic rings. The molecule has 206 valence electrons. The summed E-state index contributed by atoms with van der Waals surface area (Å²) in [6.07, 6.45) is 4.87. The fourth-order valence-electron chi connectivity index (χ4n) is 7.44. The first-order valence-corrected chi connectivity index (χ1v) is 20.9. The van der Waals surface area contributed by atoms with E-state index in [1.54, 1.807) is 6.20 Å². The number of hydrogen-bond acceptors (Lipinski definition) is 6. The van der Waals surface area contributed by atoms with Gasteiger partial charge in [0.05, 0.1) is 17.3 Å². The second kappa shape index (κ2) is 9.29. The van der Waals surface area contributed by atoms with Gasteiger partial charge in [0.25, 0.3) is 0 Å². The Morgan fingerprint density at radius 2 is 1.78 bits per heavy atom. The molecule has 3 aliphatic carbocycles. The predicted octanol–water partition coefficient (Wildman–Crippen LogP) is 6.19. The molecule has 1 saturated heterocycles. The summed E-state index contributed by atoms with van der Waals surface area (Å²) in [6.45, 7) is 27.3. The van der Waals surface area contributed by atoms with E-state index in [0.29, 0.717) is 22.8 Å². The van der Waals surface area contributed by atoms with Gasteiger partial charge in [0, 0.05) is 24.3 Å². The van der Waals surface area contributed by atoms with Crippen LogP contribution in [0.5, 0.6) is 0 Å². The molecular weight excluding hydrogens is 495 g/mol. The van der Waals surface area contributed by atoms with E-state index < -0.39 is 22.1 Å². The minimum atomic E-state index is -1.74. The summed E-state index contributed by atoms with van der Waals surface area (Å²) in [6, 6.07) is 3.82. The number of pyridine rings is 1. The Hall–Kier alpha value is -1.00. The van der Waals surface area contributed by atoms with Crippen molar-refractivity contribution in [3.63, 3.8) is 0 Å². The summed E-state index contributed by atoms with van der Waals surface area (Å²) in [5.74, 6) is 1.02. The summed E-state index contributed by atoms with van der Waals surface area (Å²) >= 11 is 0. The van der Waals surface area contributed by atoms with Crippen molar-refractivity contribution in [1.29, 1.82) is 0 Å². The fourth-order valence-corrected chi connectivity index (χ4v) is 17.9. The van der Waals surface area contributed by atoms with E-state index in [2.05, 4.69) is 64.3 Å². The first-order chi connectivity index (χ1) is 16.7. The quantitative estimate of drug-likeness (QED) is 0.302. The van der Waals surface area contributed by atoms with Crippen LogP contribution in [-0.4, -0.2) is 62.0 Å². The van der Waals surface area contributed by atoms with Crippen molar-refractivity contribution >= 4 is 29.6 Å². The molecule has 4 aliphatic rings. The van der Waals surface area contributed by atoms with E-state index in [-0.39, 0.29) is 30.7 Å². The van der Waals surface area contributed by atoms with E-state index in [1.165, 1.54) is 6.42 Å². The third-order valence-electron chi connectivity index (χ3n) is 8.80. The van der Waals surface area contributed by atoms with Crippen LogP contribution in [0.25, 0.3) is 0 Å². The molecule has 1 aliphatic heterocycles. The zero-order valence-electron chi connectivity index (χ0n) is 25.3. The molecule has 6 nitrogen and oxygen atoms in total. The van der Waals surface area contributed by atoms with Crippen LogP contribution < -0.4 is 0 Å². The number of rotatable bonds is 7. The number of ether oxygens (including phenoxy) is 1. The Kier molecular flexibility index (Phi) is 7.28. The van der Waals surface area contributed by atoms with E-state index in [1.807, 2.05) is 32.9 Å². The zero-order chi connectivity index (χ0) is 27.8. The first kappa shape index (κ1) is 29.0. The molecule has 1 aromatic heterocycles. The van der Waals surface area contributed by atoms with Crippen LogP contribution in [0, 0.1) is 17.3 Å². The van der Waals surface area contributed by atoms with Gasteiger partial charge in [-0.25, -0.2) is 4.79 Å². The predicted molar refractivity (Wildman–Crippen MR) is 156 cm³/mol. The van der Waals surface area contributed by atoms with Crippen LogP contribution in [0.4, 0.5) is 0 Å². The lowest BCUT2D eigenvalue weighted by Gasteiger charge is -2.63. The molecule has 5 atom stereocenters. The van der Waals surface area contributed by atoms with Crippen molar-refractivity contribution in [2.24, 2.45) is 17.3 Å². The van der Waals surface area contributed by atoms with Gasteiger partial charge in [-0.3, -0.25) is 4.98 Å². The normalized spacial score (nSPS) is 30.1. The first-order valence-electron chi connectivity index (χ1n) is 14.0. The van der Waals surface area contributed by atoms with Crippen LogP contribution in [0.15, 0.2) is 18.3 Å². The van der Waals surface area contributed by atoms with Crippen molar-refractivity contribution in [3.05, 3.63) is 29.6 Å². The monoisotopic (exact) mass is 544 g/mol. The molecule has 0 N–H and O–H groups in total. The van der Waals surface area contributed by atoms with Crippen LogP contribution in [0.1, 0.15) is 70.4 Å².